The number of nitrogens with one attached hydrogen (secondary N) is 2. The number of nitriles is 1. The predicted molar refractivity (Wildman–Crippen MR) is 83.9 cm³/mol. The summed E-state index contributed by atoms with van der Waals surface area (Å²) in [5, 5.41) is 14.9. The van der Waals surface area contributed by atoms with Gasteiger partial charge in [-0.2, -0.15) is 5.26 Å². The Morgan fingerprint density at radius 2 is 1.90 bits per heavy atom. The highest BCUT2D eigenvalue weighted by Crippen LogP contribution is 2.23. The summed E-state index contributed by atoms with van der Waals surface area (Å²) in [5.41, 5.74) is 1.73. The predicted octanol–water partition coefficient (Wildman–Crippen LogP) is 2.42. The van der Waals surface area contributed by atoms with Gasteiger partial charge in [-0.05, 0) is 44.0 Å². The van der Waals surface area contributed by atoms with Gasteiger partial charge in [0.15, 0.2) is 0 Å². The van der Waals surface area contributed by atoms with Crippen molar-refractivity contribution in [2.75, 3.05) is 10.6 Å². The number of rotatable bonds is 5. The quantitative estimate of drug-likeness (QED) is 0.823. The van der Waals surface area contributed by atoms with Gasteiger partial charge in [-0.25, -0.2) is 0 Å². The van der Waals surface area contributed by atoms with Crippen molar-refractivity contribution in [2.45, 2.75) is 33.2 Å². The molecule has 2 rings (SSSR count). The van der Waals surface area contributed by atoms with E-state index in [0.29, 0.717) is 22.6 Å². The minimum absolute atomic E-state index is 0.122. The zero-order chi connectivity index (χ0) is 15.6. The number of benzene rings is 1. The first kappa shape index (κ1) is 14.8. The fourth-order valence-corrected chi connectivity index (χ4v) is 2.01. The summed E-state index contributed by atoms with van der Waals surface area (Å²) in [4.78, 5) is 23.3. The summed E-state index contributed by atoms with van der Waals surface area (Å²) < 4.78 is 0. The van der Waals surface area contributed by atoms with Crippen LogP contribution in [0, 0.1) is 18.3 Å². The highest BCUT2D eigenvalue weighted by Gasteiger charge is 2.22. The molecule has 2 N–H and O–H groups in total. The Kier molecular flexibility index (Phi) is 4.08. The van der Waals surface area contributed by atoms with E-state index in [4.69, 9.17) is 5.26 Å². The normalized spacial score (nSPS) is 11.9. The van der Waals surface area contributed by atoms with Gasteiger partial charge in [-0.15, -0.1) is 0 Å². The maximum absolute atomic E-state index is 11.7. The van der Waals surface area contributed by atoms with Gasteiger partial charge >= 0.3 is 0 Å². The van der Waals surface area contributed by atoms with Crippen molar-refractivity contribution in [3.63, 3.8) is 0 Å². The monoisotopic (exact) mass is 283 g/mol. The standard InChI is InChI=1S/C16H17N3O2/c1-4-10(3)18-13-14(16(21)15(13)20)19-12-6-5-11(8-17)9(2)7-12/h5-7,10,18-19H,4H2,1-3H3. The fraction of sp³-hybridized carbons (Fsp3) is 0.312. The third-order valence-electron chi connectivity index (χ3n) is 3.53. The van der Waals surface area contributed by atoms with Gasteiger partial charge in [0.05, 0.1) is 11.6 Å². The highest BCUT2D eigenvalue weighted by molar-refractivity contribution is 5.79. The SMILES string of the molecule is CCC(C)Nc1c(Nc2ccc(C#N)c(C)c2)c(=O)c1=O. The first-order valence-corrected chi connectivity index (χ1v) is 6.85. The third kappa shape index (κ3) is 2.79. The minimum Gasteiger partial charge on any atom is -0.378 e. The smallest absolute Gasteiger partial charge is 0.253 e. The minimum atomic E-state index is -0.511. The van der Waals surface area contributed by atoms with Gasteiger partial charge in [-0.1, -0.05) is 6.92 Å². The maximum Gasteiger partial charge on any atom is 0.253 e. The first-order valence-electron chi connectivity index (χ1n) is 6.85. The lowest BCUT2D eigenvalue weighted by molar-refractivity contribution is 0.762. The van der Waals surface area contributed by atoms with Crippen LogP contribution in [0.1, 0.15) is 31.4 Å². The van der Waals surface area contributed by atoms with Crippen molar-refractivity contribution in [1.82, 2.24) is 0 Å². The van der Waals surface area contributed by atoms with Crippen LogP contribution in [0.3, 0.4) is 0 Å². The van der Waals surface area contributed by atoms with Gasteiger partial charge in [0.1, 0.15) is 11.4 Å². The molecule has 1 unspecified atom stereocenters. The second-order valence-electron chi connectivity index (χ2n) is 5.13. The molecule has 0 aromatic heterocycles. The lowest BCUT2D eigenvalue weighted by atomic mass is 10.1. The molecule has 108 valence electrons. The summed E-state index contributed by atoms with van der Waals surface area (Å²) >= 11 is 0. The van der Waals surface area contributed by atoms with Crippen molar-refractivity contribution in [3.8, 4) is 6.07 Å². The van der Waals surface area contributed by atoms with E-state index >= 15 is 0 Å². The highest BCUT2D eigenvalue weighted by atomic mass is 16.2. The topological polar surface area (TPSA) is 82.0 Å². The average Bonchev–Trinajstić information content (AvgIpc) is 2.50. The Bertz CT molecular complexity index is 780. The molecule has 2 aromatic carbocycles. The number of hydrogen-bond donors (Lipinski definition) is 2. The van der Waals surface area contributed by atoms with Gasteiger partial charge in [0.2, 0.25) is 0 Å². The Morgan fingerprint density at radius 3 is 2.48 bits per heavy atom. The van der Waals surface area contributed by atoms with Crippen molar-refractivity contribution >= 4 is 17.1 Å². The van der Waals surface area contributed by atoms with Crippen molar-refractivity contribution < 1.29 is 0 Å². The molecule has 0 heterocycles. The molecule has 1 atom stereocenters. The molecule has 0 saturated carbocycles. The molecule has 0 bridgehead atoms. The first-order chi connectivity index (χ1) is 9.97. The lowest BCUT2D eigenvalue weighted by Gasteiger charge is -2.18. The van der Waals surface area contributed by atoms with Gasteiger partial charge < -0.3 is 10.6 Å². The van der Waals surface area contributed by atoms with Gasteiger partial charge in [0.25, 0.3) is 10.9 Å². The average molecular weight is 283 g/mol. The van der Waals surface area contributed by atoms with E-state index < -0.39 is 10.9 Å². The zero-order valence-electron chi connectivity index (χ0n) is 12.3. The van der Waals surface area contributed by atoms with Crippen LogP contribution in [0.15, 0.2) is 27.8 Å². The fourth-order valence-electron chi connectivity index (χ4n) is 2.01. The van der Waals surface area contributed by atoms with Crippen molar-refractivity contribution in [2.24, 2.45) is 0 Å². The Morgan fingerprint density at radius 1 is 1.24 bits per heavy atom. The molecule has 21 heavy (non-hydrogen) atoms. The van der Waals surface area contributed by atoms with E-state index in [1.54, 1.807) is 18.2 Å². The van der Waals surface area contributed by atoms with Gasteiger partial charge in [-0.3, -0.25) is 9.59 Å². The van der Waals surface area contributed by atoms with Crippen LogP contribution in [0.25, 0.3) is 0 Å². The number of hydrogen-bond acceptors (Lipinski definition) is 5. The summed E-state index contributed by atoms with van der Waals surface area (Å²) in [7, 11) is 0. The lowest BCUT2D eigenvalue weighted by Crippen LogP contribution is -2.38. The molecule has 0 aliphatic rings. The molecule has 5 heteroatoms. The van der Waals surface area contributed by atoms with Crippen LogP contribution in [0.5, 0.6) is 0 Å². The van der Waals surface area contributed by atoms with E-state index in [9.17, 15) is 9.59 Å². The third-order valence-corrected chi connectivity index (χ3v) is 3.53. The van der Waals surface area contributed by atoms with E-state index in [1.165, 1.54) is 0 Å². The molecule has 0 aliphatic carbocycles. The van der Waals surface area contributed by atoms with E-state index in [0.717, 1.165) is 12.0 Å². The summed E-state index contributed by atoms with van der Waals surface area (Å²) in [6.45, 7) is 5.77. The van der Waals surface area contributed by atoms with Crippen LogP contribution in [-0.4, -0.2) is 6.04 Å². The van der Waals surface area contributed by atoms with Crippen LogP contribution < -0.4 is 21.5 Å². The molecule has 0 fully saturated rings. The van der Waals surface area contributed by atoms with Crippen LogP contribution >= 0.6 is 0 Å². The summed E-state index contributed by atoms with van der Waals surface area (Å²) in [5.74, 6) is 0. The molecule has 0 radical (unpaired) electrons. The summed E-state index contributed by atoms with van der Waals surface area (Å²) in [6, 6.07) is 7.39. The van der Waals surface area contributed by atoms with Crippen molar-refractivity contribution in [1.29, 1.82) is 5.26 Å². The largest absolute Gasteiger partial charge is 0.378 e. The number of aryl methyl sites for hydroxylation is 1. The summed E-state index contributed by atoms with van der Waals surface area (Å²) in [6.07, 6.45) is 0.855. The van der Waals surface area contributed by atoms with Crippen LogP contribution in [0.4, 0.5) is 17.1 Å². The zero-order valence-corrected chi connectivity index (χ0v) is 12.3. The number of anilines is 3. The second kappa shape index (κ2) is 5.80. The van der Waals surface area contributed by atoms with Crippen LogP contribution in [0.2, 0.25) is 0 Å². The van der Waals surface area contributed by atoms with E-state index in [-0.39, 0.29) is 6.04 Å². The Balaban J connectivity index is 2.27. The van der Waals surface area contributed by atoms with Gasteiger partial charge in [0, 0.05) is 11.7 Å². The molecular formula is C16H17N3O2. The molecule has 0 spiro atoms. The Labute approximate surface area is 122 Å². The number of nitrogens with zero attached hydrogens (tertiary/aromatic N) is 1. The molecular weight excluding hydrogens is 266 g/mol. The Hall–Kier alpha value is -2.61. The van der Waals surface area contributed by atoms with E-state index in [1.807, 2.05) is 20.8 Å². The maximum atomic E-state index is 11.7. The van der Waals surface area contributed by atoms with Crippen LogP contribution in [-0.2, 0) is 0 Å². The second-order valence-corrected chi connectivity index (χ2v) is 5.13. The molecule has 0 amide bonds. The molecule has 5 nitrogen and oxygen atoms in total. The van der Waals surface area contributed by atoms with Crippen molar-refractivity contribution in [3.05, 3.63) is 49.8 Å². The molecule has 0 aliphatic heterocycles. The molecule has 2 aromatic rings. The van der Waals surface area contributed by atoms with E-state index in [2.05, 4.69) is 16.7 Å². The molecule has 0 saturated heterocycles.